The van der Waals surface area contributed by atoms with Crippen LogP contribution in [0.3, 0.4) is 0 Å². The predicted molar refractivity (Wildman–Crippen MR) is 125 cm³/mol. The van der Waals surface area contributed by atoms with Crippen molar-refractivity contribution < 1.29 is 13.9 Å². The Balaban J connectivity index is 1.51. The van der Waals surface area contributed by atoms with Crippen LogP contribution in [0.1, 0.15) is 49.5 Å². The van der Waals surface area contributed by atoms with Crippen molar-refractivity contribution in [1.29, 1.82) is 0 Å². The van der Waals surface area contributed by atoms with E-state index in [4.69, 9.17) is 14.1 Å². The van der Waals surface area contributed by atoms with E-state index in [1.54, 1.807) is 11.2 Å². The van der Waals surface area contributed by atoms with Crippen LogP contribution >= 0.6 is 0 Å². The zero-order valence-corrected chi connectivity index (χ0v) is 19.1. The molecule has 1 aromatic heterocycles. The summed E-state index contributed by atoms with van der Waals surface area (Å²) in [5.74, 6) is 2.77. The number of hydrogen-bond donors (Lipinski definition) is 2. The van der Waals surface area contributed by atoms with Crippen LogP contribution in [0.5, 0.6) is 5.75 Å². The van der Waals surface area contributed by atoms with Gasteiger partial charge in [0.15, 0.2) is 5.96 Å². The lowest BCUT2D eigenvalue weighted by atomic mass is 9.85. The van der Waals surface area contributed by atoms with Crippen LogP contribution in [0.2, 0.25) is 0 Å². The van der Waals surface area contributed by atoms with E-state index in [9.17, 15) is 4.79 Å². The molecular weight excluding hydrogens is 404 g/mol. The summed E-state index contributed by atoms with van der Waals surface area (Å²) in [5, 5.41) is 7.06. The maximum atomic E-state index is 13.0. The second-order valence-electron chi connectivity index (χ2n) is 8.98. The quantitative estimate of drug-likeness (QED) is 0.511. The van der Waals surface area contributed by atoms with E-state index < -0.39 is 5.41 Å². The Bertz CT molecular complexity index is 917. The highest BCUT2D eigenvalue weighted by atomic mass is 16.5. The largest absolute Gasteiger partial charge is 0.493 e. The van der Waals surface area contributed by atoms with Crippen molar-refractivity contribution >= 4 is 11.9 Å². The van der Waals surface area contributed by atoms with Gasteiger partial charge in [-0.15, -0.1) is 0 Å². The minimum absolute atomic E-state index is 0.110. The van der Waals surface area contributed by atoms with Crippen LogP contribution in [-0.4, -0.2) is 50.6 Å². The predicted octanol–water partition coefficient (Wildman–Crippen LogP) is 3.53. The van der Waals surface area contributed by atoms with Crippen molar-refractivity contribution in [2.45, 2.75) is 44.6 Å². The monoisotopic (exact) mass is 438 g/mol. The molecule has 1 saturated carbocycles. The summed E-state index contributed by atoms with van der Waals surface area (Å²) < 4.78 is 11.3. The Kier molecular flexibility index (Phi) is 7.02. The van der Waals surface area contributed by atoms with Crippen molar-refractivity contribution in [3.05, 3.63) is 54.0 Å². The summed E-state index contributed by atoms with van der Waals surface area (Å²) in [4.78, 5) is 19.6. The number of carbonyl (C=O) groups is 1. The highest BCUT2D eigenvalue weighted by Gasteiger charge is 2.42. The fourth-order valence-electron chi connectivity index (χ4n) is 4.76. The molecule has 0 saturated heterocycles. The molecule has 172 valence electrons. The molecule has 32 heavy (non-hydrogen) atoms. The number of nitrogens with zero attached hydrogens (tertiary/aromatic N) is 2. The maximum absolute atomic E-state index is 13.0. The molecule has 1 unspecified atom stereocenters. The third-order valence-corrected chi connectivity index (χ3v) is 6.47. The molecule has 0 bridgehead atoms. The van der Waals surface area contributed by atoms with Crippen molar-refractivity contribution in [2.75, 3.05) is 33.8 Å². The zero-order chi connectivity index (χ0) is 22.4. The zero-order valence-electron chi connectivity index (χ0n) is 19.1. The molecule has 2 N–H and O–H groups in total. The molecule has 1 aliphatic heterocycles. The third-order valence-electron chi connectivity index (χ3n) is 6.47. The number of hydrogen-bond acceptors (Lipinski definition) is 4. The number of para-hydroxylation sites is 1. The summed E-state index contributed by atoms with van der Waals surface area (Å²) in [6, 6.07) is 12.1. The number of nitrogens with one attached hydrogen (secondary N) is 2. The number of amides is 1. The first-order valence-electron chi connectivity index (χ1n) is 11.6. The first-order valence-corrected chi connectivity index (χ1v) is 11.6. The van der Waals surface area contributed by atoms with Gasteiger partial charge in [0.1, 0.15) is 11.5 Å². The Labute approximate surface area is 190 Å². The van der Waals surface area contributed by atoms with Crippen LogP contribution < -0.4 is 15.4 Å². The SMILES string of the molecule is CN(C)C(=O)C1(CN=C(NCCc2ccco2)NC2CCOc3ccccc32)CCCC1. The van der Waals surface area contributed by atoms with E-state index in [0.717, 1.165) is 61.6 Å². The molecule has 1 atom stereocenters. The summed E-state index contributed by atoms with van der Waals surface area (Å²) in [7, 11) is 3.68. The Morgan fingerprint density at radius 2 is 2.00 bits per heavy atom. The van der Waals surface area contributed by atoms with Gasteiger partial charge in [0.2, 0.25) is 5.91 Å². The van der Waals surface area contributed by atoms with Crippen LogP contribution in [0.25, 0.3) is 0 Å². The summed E-state index contributed by atoms with van der Waals surface area (Å²) in [5.41, 5.74) is 0.742. The molecule has 1 fully saturated rings. The summed E-state index contributed by atoms with van der Waals surface area (Å²) >= 11 is 0. The second-order valence-corrected chi connectivity index (χ2v) is 8.98. The smallest absolute Gasteiger partial charge is 0.230 e. The molecular formula is C25H34N4O3. The maximum Gasteiger partial charge on any atom is 0.230 e. The number of fused-ring (bicyclic) bond motifs is 1. The van der Waals surface area contributed by atoms with Gasteiger partial charge in [0.05, 0.1) is 30.9 Å². The Morgan fingerprint density at radius 1 is 1.19 bits per heavy atom. The van der Waals surface area contributed by atoms with Gasteiger partial charge >= 0.3 is 0 Å². The van der Waals surface area contributed by atoms with E-state index in [1.807, 2.05) is 44.4 Å². The van der Waals surface area contributed by atoms with Crippen molar-refractivity contribution in [2.24, 2.45) is 10.4 Å². The van der Waals surface area contributed by atoms with Gasteiger partial charge < -0.3 is 24.7 Å². The third kappa shape index (κ3) is 5.09. The number of benzene rings is 1. The molecule has 7 heteroatoms. The molecule has 0 radical (unpaired) electrons. The van der Waals surface area contributed by atoms with Gasteiger partial charge in [0, 0.05) is 39.0 Å². The fourth-order valence-corrected chi connectivity index (χ4v) is 4.76. The number of carbonyl (C=O) groups excluding carboxylic acids is 1. The van der Waals surface area contributed by atoms with E-state index >= 15 is 0 Å². The van der Waals surface area contributed by atoms with Gasteiger partial charge in [-0.1, -0.05) is 31.0 Å². The second kappa shape index (κ2) is 10.1. The van der Waals surface area contributed by atoms with E-state index in [-0.39, 0.29) is 11.9 Å². The Hall–Kier alpha value is -2.96. The van der Waals surface area contributed by atoms with Gasteiger partial charge in [0.25, 0.3) is 0 Å². The van der Waals surface area contributed by atoms with Gasteiger partial charge in [-0.05, 0) is 31.0 Å². The molecule has 1 aromatic carbocycles. The van der Waals surface area contributed by atoms with Crippen LogP contribution in [0.15, 0.2) is 52.1 Å². The minimum Gasteiger partial charge on any atom is -0.493 e. The standard InChI is InChI=1S/C25H34N4O3/c1-29(2)23(30)25(13-5-6-14-25)18-27-24(26-15-11-19-8-7-16-31-19)28-21-12-17-32-22-10-4-3-9-20(21)22/h3-4,7-10,16,21H,5-6,11-15,17-18H2,1-2H3,(H2,26,27,28). The van der Waals surface area contributed by atoms with Gasteiger partial charge in [-0.25, -0.2) is 0 Å². The van der Waals surface area contributed by atoms with Crippen molar-refractivity contribution in [1.82, 2.24) is 15.5 Å². The first-order chi connectivity index (χ1) is 15.6. The number of guanidine groups is 1. The van der Waals surface area contributed by atoms with E-state index in [2.05, 4.69) is 16.7 Å². The summed E-state index contributed by atoms with van der Waals surface area (Å²) in [6.07, 6.45) is 7.27. The molecule has 1 amide bonds. The average molecular weight is 439 g/mol. The lowest BCUT2D eigenvalue weighted by Gasteiger charge is -2.31. The highest BCUT2D eigenvalue weighted by molar-refractivity contribution is 5.84. The lowest BCUT2D eigenvalue weighted by Crippen LogP contribution is -2.44. The molecule has 7 nitrogen and oxygen atoms in total. The lowest BCUT2D eigenvalue weighted by molar-refractivity contribution is -0.138. The average Bonchev–Trinajstić information content (AvgIpc) is 3.50. The number of ether oxygens (including phenoxy) is 1. The number of rotatable bonds is 7. The van der Waals surface area contributed by atoms with Crippen LogP contribution in [0.4, 0.5) is 0 Å². The molecule has 2 heterocycles. The highest BCUT2D eigenvalue weighted by Crippen LogP contribution is 2.40. The molecule has 2 aromatic rings. The van der Waals surface area contributed by atoms with Crippen molar-refractivity contribution in [3.8, 4) is 5.75 Å². The number of furan rings is 1. The topological polar surface area (TPSA) is 79.1 Å². The molecule has 1 aliphatic carbocycles. The van der Waals surface area contributed by atoms with Crippen molar-refractivity contribution in [3.63, 3.8) is 0 Å². The number of aliphatic imine (C=N–C) groups is 1. The van der Waals surface area contributed by atoms with E-state index in [0.29, 0.717) is 19.7 Å². The van der Waals surface area contributed by atoms with E-state index in [1.165, 1.54) is 0 Å². The summed E-state index contributed by atoms with van der Waals surface area (Å²) in [6.45, 7) is 1.85. The molecule has 0 spiro atoms. The molecule has 2 aliphatic rings. The Morgan fingerprint density at radius 3 is 2.75 bits per heavy atom. The minimum atomic E-state index is -0.396. The normalized spacial score (nSPS) is 19.7. The fraction of sp³-hybridized carbons (Fsp3) is 0.520. The molecule has 4 rings (SSSR count). The van der Waals surface area contributed by atoms with Gasteiger partial charge in [-0.2, -0.15) is 0 Å². The first kappa shape index (κ1) is 22.2. The van der Waals surface area contributed by atoms with Crippen LogP contribution in [-0.2, 0) is 11.2 Å². The van der Waals surface area contributed by atoms with Crippen LogP contribution in [0, 0.1) is 5.41 Å². The van der Waals surface area contributed by atoms with Gasteiger partial charge in [-0.3, -0.25) is 9.79 Å².